The van der Waals surface area contributed by atoms with E-state index in [2.05, 4.69) is 0 Å². The molecular formula is C19H24N2O7S. The van der Waals surface area contributed by atoms with E-state index in [0.717, 1.165) is 5.56 Å². The number of hydrogen-bond acceptors (Lipinski definition) is 8. The number of sulfonamides is 1. The summed E-state index contributed by atoms with van der Waals surface area (Å²) in [4.78, 5) is 23.7. The van der Waals surface area contributed by atoms with Gasteiger partial charge in [0.25, 0.3) is 10.0 Å². The summed E-state index contributed by atoms with van der Waals surface area (Å²) >= 11 is 0. The molecule has 0 radical (unpaired) electrons. The van der Waals surface area contributed by atoms with Crippen molar-refractivity contribution in [3.8, 4) is 0 Å². The van der Waals surface area contributed by atoms with Crippen LogP contribution in [-0.2, 0) is 34.0 Å². The molecule has 0 aliphatic carbocycles. The predicted octanol–water partition coefficient (Wildman–Crippen LogP) is 1.50. The van der Waals surface area contributed by atoms with Gasteiger partial charge in [-0.15, -0.1) is 0 Å². The summed E-state index contributed by atoms with van der Waals surface area (Å²) in [6.07, 6.45) is 2.14. The maximum Gasteiger partial charge on any atom is 0.337 e. The molecule has 10 heteroatoms. The van der Waals surface area contributed by atoms with Crippen LogP contribution in [0.2, 0.25) is 0 Å². The first-order chi connectivity index (χ1) is 13.8. The number of rotatable bonds is 5. The minimum Gasteiger partial charge on any atom is -0.467 e. The number of nitrogens with zero attached hydrogens (tertiary/aromatic N) is 2. The van der Waals surface area contributed by atoms with Crippen LogP contribution >= 0.6 is 0 Å². The quantitative estimate of drug-likeness (QED) is 0.657. The zero-order valence-electron chi connectivity index (χ0n) is 16.5. The number of methoxy groups -OCH3 is 1. The van der Waals surface area contributed by atoms with Gasteiger partial charge in [0.2, 0.25) is 0 Å². The lowest BCUT2D eigenvalue weighted by Gasteiger charge is -2.45. The van der Waals surface area contributed by atoms with Gasteiger partial charge in [-0.2, -0.15) is 0 Å². The Morgan fingerprint density at radius 3 is 2.66 bits per heavy atom. The number of carbonyl (C=O) groups is 1. The molecule has 0 N–H and O–H groups in total. The van der Waals surface area contributed by atoms with E-state index in [9.17, 15) is 13.2 Å². The van der Waals surface area contributed by atoms with Gasteiger partial charge >= 0.3 is 5.97 Å². The Morgan fingerprint density at radius 2 is 2.00 bits per heavy atom. The zero-order valence-corrected chi connectivity index (χ0v) is 17.3. The molecular weight excluding hydrogens is 400 g/mol. The fraction of sp³-hybridized carbons (Fsp3) is 0.526. The van der Waals surface area contributed by atoms with Gasteiger partial charge in [0.1, 0.15) is 5.54 Å². The van der Waals surface area contributed by atoms with Crippen molar-refractivity contribution in [2.24, 2.45) is 0 Å². The molecule has 1 aromatic carbocycles. The van der Waals surface area contributed by atoms with E-state index in [1.807, 2.05) is 13.8 Å². The fourth-order valence-electron chi connectivity index (χ4n) is 4.03. The van der Waals surface area contributed by atoms with Crippen LogP contribution in [0.15, 0.2) is 41.4 Å². The van der Waals surface area contributed by atoms with E-state index in [1.165, 1.54) is 22.8 Å². The summed E-state index contributed by atoms with van der Waals surface area (Å²) in [6.45, 7) is 4.10. The molecule has 3 aliphatic rings. The third-order valence-corrected chi connectivity index (χ3v) is 7.31. The fourth-order valence-corrected chi connectivity index (χ4v) is 5.58. The van der Waals surface area contributed by atoms with Crippen LogP contribution in [-0.4, -0.2) is 61.6 Å². The van der Waals surface area contributed by atoms with Crippen LogP contribution in [0.25, 0.3) is 0 Å². The molecule has 0 aromatic heterocycles. The lowest BCUT2D eigenvalue weighted by molar-refractivity contribution is -0.449. The number of esters is 1. The van der Waals surface area contributed by atoms with E-state index in [-0.39, 0.29) is 11.3 Å². The SMILES string of the molecule is CCO[C@H]1C[C@H]2N(S(=O)(=O)c3ccc(C)cc3)C=C[C@]23C[C@@H](C(=O)OC)ON3O1. The smallest absolute Gasteiger partial charge is 0.337 e. The molecule has 1 aromatic rings. The highest BCUT2D eigenvalue weighted by atomic mass is 32.2. The Labute approximate surface area is 169 Å². The number of aryl methyl sites for hydroxylation is 1. The highest BCUT2D eigenvalue weighted by Crippen LogP contribution is 2.48. The van der Waals surface area contributed by atoms with Gasteiger partial charge in [-0.25, -0.2) is 18.0 Å². The van der Waals surface area contributed by atoms with Gasteiger partial charge in [0.15, 0.2) is 12.4 Å². The molecule has 3 heterocycles. The molecule has 0 bridgehead atoms. The number of benzene rings is 1. The highest BCUT2D eigenvalue weighted by Gasteiger charge is 2.63. The Kier molecular flexibility index (Phi) is 5.16. The largest absolute Gasteiger partial charge is 0.467 e. The molecule has 9 nitrogen and oxygen atoms in total. The second-order valence-electron chi connectivity index (χ2n) is 7.28. The van der Waals surface area contributed by atoms with Crippen molar-refractivity contribution in [3.63, 3.8) is 0 Å². The number of carbonyl (C=O) groups excluding carboxylic acids is 1. The van der Waals surface area contributed by atoms with Crippen molar-refractivity contribution in [1.82, 2.24) is 9.53 Å². The van der Waals surface area contributed by atoms with Crippen LogP contribution in [0.5, 0.6) is 0 Å². The van der Waals surface area contributed by atoms with Gasteiger partial charge in [0, 0.05) is 25.6 Å². The van der Waals surface area contributed by atoms with Gasteiger partial charge in [-0.05, 0) is 32.1 Å². The summed E-state index contributed by atoms with van der Waals surface area (Å²) in [6, 6.07) is 6.13. The molecule has 0 unspecified atom stereocenters. The molecule has 3 aliphatic heterocycles. The second-order valence-corrected chi connectivity index (χ2v) is 9.12. The van der Waals surface area contributed by atoms with Crippen molar-refractivity contribution in [3.05, 3.63) is 42.1 Å². The van der Waals surface area contributed by atoms with Crippen LogP contribution in [0.3, 0.4) is 0 Å². The second kappa shape index (κ2) is 7.37. The first kappa shape index (κ1) is 20.3. The van der Waals surface area contributed by atoms with E-state index in [0.29, 0.717) is 13.0 Å². The molecule has 158 valence electrons. The van der Waals surface area contributed by atoms with Gasteiger partial charge in [-0.3, -0.25) is 9.14 Å². The predicted molar refractivity (Wildman–Crippen MR) is 100 cm³/mol. The lowest BCUT2D eigenvalue weighted by Crippen LogP contribution is -2.60. The zero-order chi connectivity index (χ0) is 20.8. The van der Waals surface area contributed by atoms with Gasteiger partial charge in [0.05, 0.1) is 18.0 Å². The van der Waals surface area contributed by atoms with Crippen LogP contribution in [0.4, 0.5) is 0 Å². The summed E-state index contributed by atoms with van der Waals surface area (Å²) in [5, 5.41) is 1.21. The minimum absolute atomic E-state index is 0.194. The average Bonchev–Trinajstić information content (AvgIpc) is 3.26. The highest BCUT2D eigenvalue weighted by molar-refractivity contribution is 7.89. The number of hydrogen-bond donors (Lipinski definition) is 0. The normalized spacial score (nSPS) is 31.6. The lowest BCUT2D eigenvalue weighted by atomic mass is 9.85. The van der Waals surface area contributed by atoms with Crippen LogP contribution in [0, 0.1) is 6.92 Å². The van der Waals surface area contributed by atoms with E-state index in [1.54, 1.807) is 30.3 Å². The first-order valence-corrected chi connectivity index (χ1v) is 10.9. The van der Waals surface area contributed by atoms with Gasteiger partial charge < -0.3 is 9.47 Å². The standard InChI is InChI=1S/C19H24N2O7S/c1-4-26-17-11-16-19(12-15(18(22)25-3)27-21(19)28-17)9-10-20(16)29(23,24)14-7-5-13(2)6-8-14/h5-10,15-17H,4,11-12H2,1-3H3/t15-,16+,17+,19-/m0/s1. The van der Waals surface area contributed by atoms with Crippen molar-refractivity contribution < 1.29 is 32.4 Å². The minimum atomic E-state index is -3.81. The summed E-state index contributed by atoms with van der Waals surface area (Å²) in [5.41, 5.74) is 0.0284. The molecule has 4 atom stereocenters. The molecule has 29 heavy (non-hydrogen) atoms. The Hall–Kier alpha value is -1.98. The third kappa shape index (κ3) is 3.24. The average molecular weight is 424 g/mol. The van der Waals surface area contributed by atoms with E-state index in [4.69, 9.17) is 19.1 Å². The third-order valence-electron chi connectivity index (χ3n) is 5.51. The molecule has 1 spiro atoms. The Morgan fingerprint density at radius 1 is 1.28 bits per heavy atom. The number of ether oxygens (including phenoxy) is 2. The first-order valence-electron chi connectivity index (χ1n) is 9.44. The van der Waals surface area contributed by atoms with Crippen molar-refractivity contribution in [1.29, 1.82) is 0 Å². The topological polar surface area (TPSA) is 94.6 Å². The maximum atomic E-state index is 13.4. The summed E-state index contributed by atoms with van der Waals surface area (Å²) in [7, 11) is -2.54. The Balaban J connectivity index is 1.70. The molecule has 0 saturated carbocycles. The van der Waals surface area contributed by atoms with Crippen LogP contribution in [0.1, 0.15) is 25.3 Å². The Bertz CT molecular complexity index is 917. The summed E-state index contributed by atoms with van der Waals surface area (Å²) in [5.74, 6) is -0.544. The van der Waals surface area contributed by atoms with Crippen molar-refractivity contribution in [2.75, 3.05) is 13.7 Å². The molecule has 0 amide bonds. The number of hydroxylamine groups is 2. The van der Waals surface area contributed by atoms with Crippen LogP contribution < -0.4 is 0 Å². The van der Waals surface area contributed by atoms with Crippen molar-refractivity contribution in [2.45, 2.75) is 55.6 Å². The van der Waals surface area contributed by atoms with E-state index < -0.39 is 40.0 Å². The van der Waals surface area contributed by atoms with E-state index >= 15 is 0 Å². The monoisotopic (exact) mass is 424 g/mol. The maximum absolute atomic E-state index is 13.4. The van der Waals surface area contributed by atoms with Crippen molar-refractivity contribution >= 4 is 16.0 Å². The summed E-state index contributed by atoms with van der Waals surface area (Å²) < 4.78 is 38.4. The molecule has 2 saturated heterocycles. The molecule has 4 rings (SSSR count). The van der Waals surface area contributed by atoms with Gasteiger partial charge in [-0.1, -0.05) is 22.9 Å². The molecule has 2 fully saturated rings.